The molecule has 0 spiro atoms. The largest absolute Gasteiger partial charge is 0.376 e. The van der Waals surface area contributed by atoms with E-state index in [1.165, 1.54) is 12.0 Å². The van der Waals surface area contributed by atoms with Crippen LogP contribution in [0.2, 0.25) is 0 Å². The molecule has 1 saturated heterocycles. The molecule has 1 aromatic rings. The van der Waals surface area contributed by atoms with Gasteiger partial charge in [-0.3, -0.25) is 0 Å². The van der Waals surface area contributed by atoms with Crippen molar-refractivity contribution in [1.82, 2.24) is 5.32 Å². The van der Waals surface area contributed by atoms with Crippen molar-refractivity contribution in [2.24, 2.45) is 0 Å². The molecular weight excluding hydrogens is 238 g/mol. The Morgan fingerprint density at radius 3 is 2.74 bits per heavy atom. The van der Waals surface area contributed by atoms with Crippen LogP contribution in [0.5, 0.6) is 0 Å². The monoisotopic (exact) mass is 263 g/mol. The number of likely N-dealkylation sites (N-methyl/N-ethyl adjacent to an activating group) is 1. The first-order chi connectivity index (χ1) is 9.35. The lowest BCUT2D eigenvalue weighted by atomic mass is 10.00. The lowest BCUT2D eigenvalue weighted by Crippen LogP contribution is -2.33. The van der Waals surface area contributed by atoms with Crippen LogP contribution in [0.15, 0.2) is 30.3 Å². The maximum atomic E-state index is 6.10. The van der Waals surface area contributed by atoms with Gasteiger partial charge >= 0.3 is 0 Å². The fraction of sp³-hybridized carbons (Fsp3) is 0.625. The molecular formula is C16H25NO2. The molecule has 3 atom stereocenters. The van der Waals surface area contributed by atoms with Crippen molar-refractivity contribution in [3.63, 3.8) is 0 Å². The predicted octanol–water partition coefficient (Wildman–Crippen LogP) is 2.92. The van der Waals surface area contributed by atoms with Gasteiger partial charge in [0, 0.05) is 6.61 Å². The first-order valence-corrected chi connectivity index (χ1v) is 7.30. The van der Waals surface area contributed by atoms with E-state index in [1.54, 1.807) is 0 Å². The Hall–Kier alpha value is -0.900. The fourth-order valence-electron chi connectivity index (χ4n) is 2.68. The Balaban J connectivity index is 1.93. The van der Waals surface area contributed by atoms with Crippen LogP contribution in [-0.2, 0) is 9.47 Å². The molecule has 3 nitrogen and oxygen atoms in total. The highest BCUT2D eigenvalue weighted by atomic mass is 16.5. The van der Waals surface area contributed by atoms with Crippen LogP contribution in [0.1, 0.15) is 37.8 Å². The summed E-state index contributed by atoms with van der Waals surface area (Å²) in [5.74, 6) is 0. The van der Waals surface area contributed by atoms with E-state index < -0.39 is 0 Å². The summed E-state index contributed by atoms with van der Waals surface area (Å²) < 4.78 is 11.7. The summed E-state index contributed by atoms with van der Waals surface area (Å²) in [6.07, 6.45) is 3.77. The van der Waals surface area contributed by atoms with Crippen LogP contribution in [-0.4, -0.2) is 32.5 Å². The van der Waals surface area contributed by atoms with E-state index in [2.05, 4.69) is 36.5 Å². The second kappa shape index (κ2) is 7.63. The lowest BCUT2D eigenvalue weighted by molar-refractivity contribution is -0.0347. The molecule has 1 heterocycles. The Kier molecular flexibility index (Phi) is 5.83. The minimum Gasteiger partial charge on any atom is -0.376 e. The van der Waals surface area contributed by atoms with E-state index in [9.17, 15) is 0 Å². The first-order valence-electron chi connectivity index (χ1n) is 7.30. The van der Waals surface area contributed by atoms with Gasteiger partial charge in [0.05, 0.1) is 24.9 Å². The Labute approximate surface area is 116 Å². The van der Waals surface area contributed by atoms with Crippen LogP contribution < -0.4 is 5.32 Å². The zero-order chi connectivity index (χ0) is 13.5. The Morgan fingerprint density at radius 1 is 1.37 bits per heavy atom. The van der Waals surface area contributed by atoms with Crippen LogP contribution in [0, 0.1) is 0 Å². The molecule has 0 amide bonds. The van der Waals surface area contributed by atoms with E-state index in [0.717, 1.165) is 19.4 Å². The molecule has 0 bridgehead atoms. The van der Waals surface area contributed by atoms with Crippen molar-refractivity contribution >= 4 is 0 Å². The second-order valence-corrected chi connectivity index (χ2v) is 5.09. The molecule has 19 heavy (non-hydrogen) atoms. The van der Waals surface area contributed by atoms with Gasteiger partial charge in [-0.05, 0) is 31.9 Å². The van der Waals surface area contributed by atoms with Gasteiger partial charge in [-0.15, -0.1) is 0 Å². The average Bonchev–Trinajstić information content (AvgIpc) is 2.97. The third-order valence-electron chi connectivity index (χ3n) is 3.76. The quantitative estimate of drug-likeness (QED) is 0.820. The van der Waals surface area contributed by atoms with Gasteiger partial charge in [-0.2, -0.15) is 0 Å². The molecule has 1 aromatic carbocycles. The molecule has 1 N–H and O–H groups in total. The van der Waals surface area contributed by atoms with Gasteiger partial charge in [-0.1, -0.05) is 37.3 Å². The molecule has 1 fully saturated rings. The van der Waals surface area contributed by atoms with Gasteiger partial charge in [0.25, 0.3) is 0 Å². The summed E-state index contributed by atoms with van der Waals surface area (Å²) in [6.45, 7) is 3.77. The van der Waals surface area contributed by atoms with Gasteiger partial charge in [0.1, 0.15) is 0 Å². The SMILES string of the molecule is CCC(OCC1CCCO1)C(NC)c1ccccc1. The molecule has 1 aliphatic rings. The van der Waals surface area contributed by atoms with E-state index in [1.807, 2.05) is 13.1 Å². The standard InChI is InChI=1S/C16H25NO2/c1-3-15(19-12-14-10-7-11-18-14)16(17-2)13-8-5-4-6-9-13/h4-6,8-9,14-17H,3,7,10-12H2,1-2H3. The zero-order valence-electron chi connectivity index (χ0n) is 12.0. The number of hydrogen-bond donors (Lipinski definition) is 1. The van der Waals surface area contributed by atoms with Crippen LogP contribution in [0.4, 0.5) is 0 Å². The normalized spacial score (nSPS) is 22.3. The van der Waals surface area contributed by atoms with E-state index in [-0.39, 0.29) is 12.1 Å². The van der Waals surface area contributed by atoms with Crippen molar-refractivity contribution in [2.75, 3.05) is 20.3 Å². The topological polar surface area (TPSA) is 30.5 Å². The minimum atomic E-state index is 0.191. The number of rotatable bonds is 7. The Bertz CT molecular complexity index is 349. The number of ether oxygens (including phenoxy) is 2. The molecule has 106 valence electrons. The van der Waals surface area contributed by atoms with Crippen LogP contribution in [0.3, 0.4) is 0 Å². The number of nitrogens with one attached hydrogen (secondary N) is 1. The highest BCUT2D eigenvalue weighted by Crippen LogP contribution is 2.22. The van der Waals surface area contributed by atoms with Crippen LogP contribution in [0.25, 0.3) is 0 Å². The third-order valence-corrected chi connectivity index (χ3v) is 3.76. The van der Waals surface area contributed by atoms with Crippen molar-refractivity contribution in [3.05, 3.63) is 35.9 Å². The van der Waals surface area contributed by atoms with Gasteiger partial charge in [-0.25, -0.2) is 0 Å². The van der Waals surface area contributed by atoms with E-state index in [4.69, 9.17) is 9.47 Å². The maximum absolute atomic E-state index is 6.10. The van der Waals surface area contributed by atoms with Crippen molar-refractivity contribution in [3.8, 4) is 0 Å². The molecule has 0 radical (unpaired) electrons. The predicted molar refractivity (Wildman–Crippen MR) is 77.2 cm³/mol. The number of benzene rings is 1. The molecule has 0 aliphatic carbocycles. The van der Waals surface area contributed by atoms with Gasteiger partial charge < -0.3 is 14.8 Å². The van der Waals surface area contributed by atoms with E-state index in [0.29, 0.717) is 12.7 Å². The molecule has 3 unspecified atom stereocenters. The summed E-state index contributed by atoms with van der Waals surface area (Å²) >= 11 is 0. The molecule has 3 heteroatoms. The first kappa shape index (κ1) is 14.5. The highest BCUT2D eigenvalue weighted by molar-refractivity contribution is 5.20. The van der Waals surface area contributed by atoms with Crippen LogP contribution >= 0.6 is 0 Å². The van der Waals surface area contributed by atoms with E-state index >= 15 is 0 Å². The second-order valence-electron chi connectivity index (χ2n) is 5.09. The molecule has 0 aromatic heterocycles. The Morgan fingerprint density at radius 2 is 2.16 bits per heavy atom. The van der Waals surface area contributed by atoms with Crippen molar-refractivity contribution in [1.29, 1.82) is 0 Å². The summed E-state index contributed by atoms with van der Waals surface area (Å²) in [5.41, 5.74) is 1.28. The maximum Gasteiger partial charge on any atom is 0.0809 e. The smallest absolute Gasteiger partial charge is 0.0809 e. The van der Waals surface area contributed by atoms with Crippen molar-refractivity contribution in [2.45, 2.75) is 44.4 Å². The van der Waals surface area contributed by atoms with Gasteiger partial charge in [0.2, 0.25) is 0 Å². The van der Waals surface area contributed by atoms with Crippen molar-refractivity contribution < 1.29 is 9.47 Å². The molecule has 2 rings (SSSR count). The molecule has 1 aliphatic heterocycles. The minimum absolute atomic E-state index is 0.191. The highest BCUT2D eigenvalue weighted by Gasteiger charge is 2.23. The fourth-order valence-corrected chi connectivity index (χ4v) is 2.68. The number of hydrogen-bond acceptors (Lipinski definition) is 3. The molecule has 0 saturated carbocycles. The average molecular weight is 263 g/mol. The third kappa shape index (κ3) is 4.03. The summed E-state index contributed by atoms with van der Waals surface area (Å²) in [5, 5.41) is 3.38. The zero-order valence-corrected chi connectivity index (χ0v) is 12.0. The summed E-state index contributed by atoms with van der Waals surface area (Å²) in [6, 6.07) is 10.7. The summed E-state index contributed by atoms with van der Waals surface area (Å²) in [7, 11) is 2.00. The lowest BCUT2D eigenvalue weighted by Gasteiger charge is -2.27. The van der Waals surface area contributed by atoms with Gasteiger partial charge in [0.15, 0.2) is 0 Å². The summed E-state index contributed by atoms with van der Waals surface area (Å²) in [4.78, 5) is 0.